The molecule has 1 aromatic carbocycles. The number of benzene rings is 1. The topological polar surface area (TPSA) is 37.3 Å². The monoisotopic (exact) mass is 280 g/mol. The molecule has 0 aliphatic heterocycles. The van der Waals surface area contributed by atoms with Crippen LogP contribution in [0.5, 0.6) is 0 Å². The van der Waals surface area contributed by atoms with Gasteiger partial charge in [-0.1, -0.05) is 19.9 Å². The standard InChI is InChI=1S/C10H9F3O2S.C2H6/c11-10(12,13)5-7-1-6(4-9(14)15)2-8(16)3-7;1-2/h1-3,16H,4-5H2,(H,14,15);1-2H3. The second kappa shape index (κ2) is 7.31. The second-order valence-electron chi connectivity index (χ2n) is 3.37. The molecule has 0 fully saturated rings. The molecule has 0 heterocycles. The largest absolute Gasteiger partial charge is 0.481 e. The number of rotatable bonds is 3. The van der Waals surface area contributed by atoms with E-state index in [1.54, 1.807) is 0 Å². The first-order valence-corrected chi connectivity index (χ1v) is 5.81. The number of hydrogen-bond acceptors (Lipinski definition) is 2. The lowest BCUT2D eigenvalue weighted by atomic mass is 10.1. The third kappa shape index (κ3) is 7.21. The fourth-order valence-corrected chi connectivity index (χ4v) is 1.68. The Labute approximate surface area is 109 Å². The van der Waals surface area contributed by atoms with Crippen molar-refractivity contribution in [3.05, 3.63) is 29.3 Å². The lowest BCUT2D eigenvalue weighted by molar-refractivity contribution is -0.136. The van der Waals surface area contributed by atoms with Crippen molar-refractivity contribution in [1.29, 1.82) is 0 Å². The van der Waals surface area contributed by atoms with Gasteiger partial charge in [-0.15, -0.1) is 12.6 Å². The number of thiol groups is 1. The molecule has 0 saturated heterocycles. The van der Waals surface area contributed by atoms with Crippen molar-refractivity contribution in [2.24, 2.45) is 0 Å². The fourth-order valence-electron chi connectivity index (χ4n) is 1.35. The molecule has 1 aromatic rings. The Balaban J connectivity index is 0.00000137. The summed E-state index contributed by atoms with van der Waals surface area (Å²) in [5.74, 6) is -1.09. The molecule has 1 rings (SSSR count). The van der Waals surface area contributed by atoms with Crippen LogP contribution >= 0.6 is 12.6 Å². The smallest absolute Gasteiger partial charge is 0.393 e. The second-order valence-corrected chi connectivity index (χ2v) is 3.89. The highest BCUT2D eigenvalue weighted by atomic mass is 32.1. The van der Waals surface area contributed by atoms with Gasteiger partial charge in [-0.3, -0.25) is 4.79 Å². The molecule has 0 aliphatic rings. The van der Waals surface area contributed by atoms with E-state index in [0.29, 0.717) is 10.5 Å². The number of hydrogen-bond donors (Lipinski definition) is 2. The van der Waals surface area contributed by atoms with Crippen molar-refractivity contribution in [3.8, 4) is 0 Å². The normalized spacial score (nSPS) is 10.6. The summed E-state index contributed by atoms with van der Waals surface area (Å²) in [5.41, 5.74) is 0.343. The molecular weight excluding hydrogens is 265 g/mol. The lowest BCUT2D eigenvalue weighted by Crippen LogP contribution is -2.12. The van der Waals surface area contributed by atoms with E-state index in [4.69, 9.17) is 5.11 Å². The summed E-state index contributed by atoms with van der Waals surface area (Å²) in [4.78, 5) is 10.8. The summed E-state index contributed by atoms with van der Waals surface area (Å²) < 4.78 is 36.4. The minimum atomic E-state index is -4.30. The first kappa shape index (κ1) is 16.8. The SMILES string of the molecule is CC.O=C(O)Cc1cc(S)cc(CC(F)(F)F)c1. The maximum absolute atomic E-state index is 12.1. The Hall–Kier alpha value is -1.17. The van der Waals surface area contributed by atoms with Crippen LogP contribution in [0.3, 0.4) is 0 Å². The van der Waals surface area contributed by atoms with Gasteiger partial charge in [-0.05, 0) is 23.3 Å². The fraction of sp³-hybridized carbons (Fsp3) is 0.417. The van der Waals surface area contributed by atoms with E-state index in [0.717, 1.165) is 0 Å². The molecule has 0 aromatic heterocycles. The van der Waals surface area contributed by atoms with Crippen LogP contribution in [-0.2, 0) is 17.6 Å². The van der Waals surface area contributed by atoms with Crippen molar-refractivity contribution >= 4 is 18.6 Å². The molecule has 1 N–H and O–H groups in total. The molecule has 0 aliphatic carbocycles. The van der Waals surface area contributed by atoms with Crippen molar-refractivity contribution < 1.29 is 23.1 Å². The minimum Gasteiger partial charge on any atom is -0.481 e. The molecule has 18 heavy (non-hydrogen) atoms. The first-order chi connectivity index (χ1) is 8.26. The Morgan fingerprint density at radius 3 is 2.17 bits per heavy atom. The Kier molecular flexibility index (Phi) is 6.83. The van der Waals surface area contributed by atoms with Gasteiger partial charge < -0.3 is 5.11 Å². The quantitative estimate of drug-likeness (QED) is 0.828. The average molecular weight is 280 g/mol. The molecule has 0 radical (unpaired) electrons. The lowest BCUT2D eigenvalue weighted by Gasteiger charge is -2.08. The van der Waals surface area contributed by atoms with Crippen LogP contribution in [0.4, 0.5) is 13.2 Å². The number of carbonyl (C=O) groups is 1. The van der Waals surface area contributed by atoms with Gasteiger partial charge >= 0.3 is 12.1 Å². The molecule has 0 amide bonds. The van der Waals surface area contributed by atoms with Gasteiger partial charge in [0.05, 0.1) is 12.8 Å². The van der Waals surface area contributed by atoms with E-state index < -0.39 is 18.6 Å². The van der Waals surface area contributed by atoms with Crippen LogP contribution in [0, 0.1) is 0 Å². The van der Waals surface area contributed by atoms with Crippen molar-refractivity contribution in [1.82, 2.24) is 0 Å². The van der Waals surface area contributed by atoms with Gasteiger partial charge in [0, 0.05) is 4.90 Å². The van der Waals surface area contributed by atoms with Gasteiger partial charge in [0.1, 0.15) is 0 Å². The summed E-state index contributed by atoms with van der Waals surface area (Å²) in [6.45, 7) is 4.00. The van der Waals surface area contributed by atoms with E-state index in [1.165, 1.54) is 18.2 Å². The third-order valence-corrected chi connectivity index (χ3v) is 2.06. The zero-order valence-corrected chi connectivity index (χ0v) is 11.0. The van der Waals surface area contributed by atoms with E-state index in [2.05, 4.69) is 12.6 Å². The van der Waals surface area contributed by atoms with E-state index in [1.807, 2.05) is 13.8 Å². The first-order valence-electron chi connectivity index (χ1n) is 5.36. The molecule has 2 nitrogen and oxygen atoms in total. The summed E-state index contributed by atoms with van der Waals surface area (Å²) in [6.07, 6.45) is -5.69. The summed E-state index contributed by atoms with van der Waals surface area (Å²) in [5, 5.41) is 8.53. The number of aliphatic carboxylic acids is 1. The van der Waals surface area contributed by atoms with E-state index in [-0.39, 0.29) is 12.0 Å². The molecule has 102 valence electrons. The number of alkyl halides is 3. The molecule has 6 heteroatoms. The number of halogens is 3. The number of carboxylic acid groups (broad SMARTS) is 1. The van der Waals surface area contributed by atoms with Crippen LogP contribution in [0.1, 0.15) is 25.0 Å². The zero-order valence-electron chi connectivity index (χ0n) is 10.1. The summed E-state index contributed by atoms with van der Waals surface area (Å²) in [7, 11) is 0. The van der Waals surface area contributed by atoms with Gasteiger partial charge in [-0.2, -0.15) is 13.2 Å². The van der Waals surface area contributed by atoms with Gasteiger partial charge in [0.15, 0.2) is 0 Å². The van der Waals surface area contributed by atoms with E-state index >= 15 is 0 Å². The zero-order chi connectivity index (χ0) is 14.3. The molecular formula is C12H15F3O2S. The molecule has 0 saturated carbocycles. The van der Waals surface area contributed by atoms with Crippen LogP contribution in [-0.4, -0.2) is 17.3 Å². The molecule has 0 unspecified atom stereocenters. The van der Waals surface area contributed by atoms with Crippen LogP contribution in [0.25, 0.3) is 0 Å². The predicted molar refractivity (Wildman–Crippen MR) is 66.1 cm³/mol. The summed E-state index contributed by atoms with van der Waals surface area (Å²) in [6, 6.07) is 3.96. The highest BCUT2D eigenvalue weighted by Gasteiger charge is 2.27. The third-order valence-electron chi connectivity index (χ3n) is 1.80. The van der Waals surface area contributed by atoms with Crippen LogP contribution in [0.15, 0.2) is 23.1 Å². The molecule has 0 atom stereocenters. The Bertz CT molecular complexity index is 403. The van der Waals surface area contributed by atoms with Gasteiger partial charge in [-0.25, -0.2) is 0 Å². The number of carboxylic acids is 1. The maximum atomic E-state index is 12.1. The summed E-state index contributed by atoms with van der Waals surface area (Å²) >= 11 is 3.94. The van der Waals surface area contributed by atoms with Crippen LogP contribution in [0.2, 0.25) is 0 Å². The molecule has 0 spiro atoms. The van der Waals surface area contributed by atoms with Crippen molar-refractivity contribution in [3.63, 3.8) is 0 Å². The van der Waals surface area contributed by atoms with Gasteiger partial charge in [0.25, 0.3) is 0 Å². The highest BCUT2D eigenvalue weighted by Crippen LogP contribution is 2.24. The Morgan fingerprint density at radius 1 is 1.22 bits per heavy atom. The van der Waals surface area contributed by atoms with Crippen molar-refractivity contribution in [2.75, 3.05) is 0 Å². The molecule has 0 bridgehead atoms. The van der Waals surface area contributed by atoms with Crippen LogP contribution < -0.4 is 0 Å². The maximum Gasteiger partial charge on any atom is 0.393 e. The van der Waals surface area contributed by atoms with Crippen molar-refractivity contribution in [2.45, 2.75) is 37.8 Å². The van der Waals surface area contributed by atoms with E-state index in [9.17, 15) is 18.0 Å². The predicted octanol–water partition coefficient (Wildman–Crippen LogP) is 3.73. The average Bonchev–Trinajstić information content (AvgIpc) is 2.15. The van der Waals surface area contributed by atoms with Gasteiger partial charge in [0.2, 0.25) is 0 Å². The highest BCUT2D eigenvalue weighted by molar-refractivity contribution is 7.80. The Morgan fingerprint density at radius 2 is 1.72 bits per heavy atom. The minimum absolute atomic E-state index is 0.0243.